The Bertz CT molecular complexity index is 641. The summed E-state index contributed by atoms with van der Waals surface area (Å²) in [5, 5.41) is 0.803. The Morgan fingerprint density at radius 1 is 1.00 bits per heavy atom. The Morgan fingerprint density at radius 3 is 2.14 bits per heavy atom. The van der Waals surface area contributed by atoms with Crippen LogP contribution in [0.4, 0.5) is 0 Å². The van der Waals surface area contributed by atoms with Gasteiger partial charge in [0.1, 0.15) is 0 Å². The second-order valence-corrected chi connectivity index (χ2v) is 16.6. The zero-order chi connectivity index (χ0) is 14.1. The van der Waals surface area contributed by atoms with E-state index in [-0.39, 0.29) is 0 Å². The minimum absolute atomic E-state index is 0.405. The first kappa shape index (κ1) is 12.2. The third-order valence-corrected chi connectivity index (χ3v) is 11.5. The summed E-state index contributed by atoms with van der Waals surface area (Å²) in [6.07, 6.45) is 2.25. The molecule has 3 heteroatoms. The molecule has 0 atom stereocenters. The molecule has 108 valence electrons. The Kier molecular flexibility index (Phi) is 1.93. The SMILES string of the molecule is [CH3][Ge]([CH3])(/[CH]=C/c1ccc(Cl)cc1)[O]C12C3C4C5C3C1C5C42. The Balaban J connectivity index is 1.21. The van der Waals surface area contributed by atoms with Gasteiger partial charge in [0.15, 0.2) is 0 Å². The molecule has 6 aliphatic rings. The fourth-order valence-electron chi connectivity index (χ4n) is 6.89. The van der Waals surface area contributed by atoms with Crippen molar-refractivity contribution < 1.29 is 3.76 Å². The molecule has 1 aromatic rings. The van der Waals surface area contributed by atoms with Crippen LogP contribution in [0, 0.1) is 41.4 Å². The van der Waals surface area contributed by atoms with Crippen LogP contribution in [0.25, 0.3) is 6.08 Å². The van der Waals surface area contributed by atoms with E-state index in [0.717, 1.165) is 40.5 Å². The van der Waals surface area contributed by atoms with Gasteiger partial charge in [-0.2, -0.15) is 0 Å². The van der Waals surface area contributed by atoms with Gasteiger partial charge in [-0.3, -0.25) is 0 Å². The molecule has 0 aromatic heterocycles. The molecule has 0 N–H and O–H groups in total. The molecule has 0 bridgehead atoms. The fraction of sp³-hybridized carbons (Fsp3) is 0.556. The summed E-state index contributed by atoms with van der Waals surface area (Å²) in [7, 11) is 0. The molecule has 0 aliphatic heterocycles. The van der Waals surface area contributed by atoms with Crippen molar-refractivity contribution in [3.8, 4) is 0 Å². The Morgan fingerprint density at radius 2 is 1.57 bits per heavy atom. The van der Waals surface area contributed by atoms with Crippen molar-refractivity contribution in [2.75, 3.05) is 0 Å². The van der Waals surface area contributed by atoms with E-state index in [1.165, 1.54) is 11.5 Å². The van der Waals surface area contributed by atoms with Crippen LogP contribution in [0.15, 0.2) is 29.2 Å². The molecule has 0 radical (unpaired) electrons. The average Bonchev–Trinajstić information content (AvgIpc) is 2.47. The van der Waals surface area contributed by atoms with Gasteiger partial charge in [0.05, 0.1) is 0 Å². The van der Waals surface area contributed by atoms with Crippen LogP contribution in [0.5, 0.6) is 0 Å². The third-order valence-electron chi connectivity index (χ3n) is 7.37. The zero-order valence-electron chi connectivity index (χ0n) is 12.3. The molecule has 0 spiro atoms. The van der Waals surface area contributed by atoms with E-state index in [9.17, 15) is 0 Å². The van der Waals surface area contributed by atoms with Gasteiger partial charge < -0.3 is 0 Å². The van der Waals surface area contributed by atoms with Crippen molar-refractivity contribution in [3.63, 3.8) is 0 Å². The zero-order valence-corrected chi connectivity index (χ0v) is 15.1. The van der Waals surface area contributed by atoms with E-state index in [1.807, 2.05) is 12.1 Å². The molecular formula is C18H19ClGeO. The van der Waals surface area contributed by atoms with Crippen molar-refractivity contribution in [3.05, 3.63) is 39.8 Å². The molecule has 21 heavy (non-hydrogen) atoms. The summed E-state index contributed by atoms with van der Waals surface area (Å²) in [5.41, 5.74) is 1.64. The average molecular weight is 359 g/mol. The van der Waals surface area contributed by atoms with E-state index in [4.69, 9.17) is 15.4 Å². The monoisotopic (exact) mass is 360 g/mol. The van der Waals surface area contributed by atoms with Gasteiger partial charge in [-0.1, -0.05) is 0 Å². The first-order chi connectivity index (χ1) is 10.0. The van der Waals surface area contributed by atoms with Gasteiger partial charge in [0.25, 0.3) is 0 Å². The molecule has 6 fully saturated rings. The van der Waals surface area contributed by atoms with Gasteiger partial charge in [-0.25, -0.2) is 0 Å². The number of halogens is 1. The second-order valence-electron chi connectivity index (χ2n) is 8.33. The standard InChI is InChI=1S/C18H19ClGeO/c1-20(2,8-7-9-3-5-10(19)6-4-9)21-18-15-12-11-13(15)17(18)14(11)16(12)18/h3-8,11-17H,1-2H3/b8-7+. The Labute approximate surface area is 133 Å². The van der Waals surface area contributed by atoms with Crippen LogP contribution in [-0.4, -0.2) is 19.2 Å². The van der Waals surface area contributed by atoms with Crippen molar-refractivity contribution in [2.45, 2.75) is 17.1 Å². The van der Waals surface area contributed by atoms with Gasteiger partial charge >= 0.3 is 133 Å². The van der Waals surface area contributed by atoms with Crippen molar-refractivity contribution in [1.82, 2.24) is 0 Å². The van der Waals surface area contributed by atoms with Crippen LogP contribution in [0.2, 0.25) is 16.5 Å². The summed E-state index contributed by atoms with van der Waals surface area (Å²) in [4.78, 5) is 2.41. The quantitative estimate of drug-likeness (QED) is 0.731. The number of benzene rings is 1. The van der Waals surface area contributed by atoms with Gasteiger partial charge in [0.2, 0.25) is 0 Å². The van der Waals surface area contributed by atoms with Crippen LogP contribution in [-0.2, 0) is 3.76 Å². The molecule has 6 saturated carbocycles. The maximum absolute atomic E-state index is 6.86. The molecular weight excluding hydrogens is 340 g/mol. The van der Waals surface area contributed by atoms with Crippen LogP contribution in [0.3, 0.4) is 0 Å². The van der Waals surface area contributed by atoms with Gasteiger partial charge in [-0.15, -0.1) is 0 Å². The minimum atomic E-state index is -2.26. The van der Waals surface area contributed by atoms with Crippen molar-refractivity contribution in [1.29, 1.82) is 0 Å². The van der Waals surface area contributed by atoms with E-state index >= 15 is 0 Å². The van der Waals surface area contributed by atoms with Crippen molar-refractivity contribution in [2.24, 2.45) is 41.4 Å². The fourth-order valence-corrected chi connectivity index (χ4v) is 11.2. The number of hydrogen-bond donors (Lipinski definition) is 0. The number of hydrogen-bond acceptors (Lipinski definition) is 1. The van der Waals surface area contributed by atoms with E-state index in [2.05, 4.69) is 34.6 Å². The summed E-state index contributed by atoms with van der Waals surface area (Å²) in [6, 6.07) is 8.09. The summed E-state index contributed by atoms with van der Waals surface area (Å²) >= 11 is 3.68. The number of rotatable bonds is 4. The van der Waals surface area contributed by atoms with Gasteiger partial charge in [0, 0.05) is 0 Å². The molecule has 1 nitrogen and oxygen atoms in total. The molecule has 6 aliphatic carbocycles. The molecule has 0 unspecified atom stereocenters. The topological polar surface area (TPSA) is 9.23 Å². The second kappa shape index (κ2) is 3.32. The molecule has 0 amide bonds. The molecule has 1 aromatic carbocycles. The maximum atomic E-state index is 6.86. The summed E-state index contributed by atoms with van der Waals surface area (Å²) < 4.78 is 6.86. The molecule has 0 saturated heterocycles. The first-order valence-electron chi connectivity index (χ1n) is 8.20. The summed E-state index contributed by atoms with van der Waals surface area (Å²) in [5.74, 6) is 12.3. The predicted molar refractivity (Wildman–Crippen MR) is 86.2 cm³/mol. The Hall–Kier alpha value is -0.247. The molecule has 7 rings (SSSR count). The molecule has 0 heterocycles. The van der Waals surface area contributed by atoms with Crippen molar-refractivity contribution >= 4 is 31.3 Å². The first-order valence-corrected chi connectivity index (χ1v) is 14.8. The van der Waals surface area contributed by atoms with E-state index < -0.39 is 13.6 Å². The third kappa shape index (κ3) is 1.08. The van der Waals surface area contributed by atoms with Crippen LogP contribution < -0.4 is 0 Å². The predicted octanol–water partition coefficient (Wildman–Crippen LogP) is 4.23. The van der Waals surface area contributed by atoms with Crippen LogP contribution in [0.1, 0.15) is 5.56 Å². The summed E-state index contributed by atoms with van der Waals surface area (Å²) in [6.45, 7) is 0. The van der Waals surface area contributed by atoms with Gasteiger partial charge in [-0.05, 0) is 0 Å². The van der Waals surface area contributed by atoms with E-state index in [0.29, 0.717) is 5.60 Å². The van der Waals surface area contributed by atoms with Crippen LogP contribution >= 0.6 is 11.6 Å². The van der Waals surface area contributed by atoms with E-state index in [1.54, 1.807) is 0 Å². The normalized spacial score (nSPS) is 53.2.